The predicted molar refractivity (Wildman–Crippen MR) is 73.6 cm³/mol. The molecule has 2 aromatic rings. The number of carbonyl (C=O) groups is 1. The fourth-order valence-corrected chi connectivity index (χ4v) is 2.18. The number of aromatic nitrogens is 2. The maximum atomic E-state index is 11.1. The Morgan fingerprint density at radius 3 is 2.75 bits per heavy atom. The van der Waals surface area contributed by atoms with E-state index in [1.54, 1.807) is 18.3 Å². The van der Waals surface area contributed by atoms with E-state index in [-0.39, 0.29) is 11.6 Å². The van der Waals surface area contributed by atoms with Crippen LogP contribution >= 0.6 is 11.8 Å². The zero-order chi connectivity index (χ0) is 14.5. The second kappa shape index (κ2) is 6.11. The third-order valence-corrected chi connectivity index (χ3v) is 3.18. The lowest BCUT2D eigenvalue weighted by molar-refractivity contribution is -0.385. The molecule has 0 saturated heterocycles. The van der Waals surface area contributed by atoms with Gasteiger partial charge in [-0.25, -0.2) is 9.97 Å². The van der Waals surface area contributed by atoms with Crippen LogP contribution in [0, 0.1) is 10.1 Å². The zero-order valence-electron chi connectivity index (χ0n) is 10.4. The number of rotatable bonds is 4. The Kier molecular flexibility index (Phi) is 4.26. The van der Waals surface area contributed by atoms with E-state index >= 15 is 0 Å². The molecule has 8 heteroatoms. The summed E-state index contributed by atoms with van der Waals surface area (Å²) in [6.07, 6.45) is 2.78. The smallest absolute Gasteiger partial charge is 0.287 e. The van der Waals surface area contributed by atoms with Crippen LogP contribution in [0.4, 0.5) is 11.4 Å². The first-order chi connectivity index (χ1) is 9.56. The molecule has 0 fully saturated rings. The van der Waals surface area contributed by atoms with Gasteiger partial charge in [0.2, 0.25) is 5.91 Å². The molecule has 1 amide bonds. The van der Waals surface area contributed by atoms with Gasteiger partial charge in [-0.15, -0.1) is 0 Å². The number of anilines is 1. The van der Waals surface area contributed by atoms with E-state index in [9.17, 15) is 14.9 Å². The summed E-state index contributed by atoms with van der Waals surface area (Å²) in [5, 5.41) is 14.3. The molecule has 0 spiro atoms. The molecule has 0 aliphatic rings. The van der Waals surface area contributed by atoms with Gasteiger partial charge >= 0.3 is 0 Å². The fourth-order valence-electron chi connectivity index (χ4n) is 1.40. The van der Waals surface area contributed by atoms with E-state index in [2.05, 4.69) is 15.3 Å². The number of pyridine rings is 2. The van der Waals surface area contributed by atoms with Gasteiger partial charge in [0.05, 0.1) is 10.6 Å². The van der Waals surface area contributed by atoms with Gasteiger partial charge in [-0.3, -0.25) is 14.9 Å². The van der Waals surface area contributed by atoms with Crippen molar-refractivity contribution in [2.45, 2.75) is 17.0 Å². The average molecular weight is 290 g/mol. The molecule has 0 aliphatic carbocycles. The highest BCUT2D eigenvalue weighted by Crippen LogP contribution is 2.30. The molecule has 0 aromatic carbocycles. The van der Waals surface area contributed by atoms with Crippen molar-refractivity contribution in [3.8, 4) is 0 Å². The lowest BCUT2D eigenvalue weighted by Crippen LogP contribution is -2.07. The quantitative estimate of drug-likeness (QED) is 0.686. The van der Waals surface area contributed by atoms with Gasteiger partial charge in [0, 0.05) is 19.2 Å². The van der Waals surface area contributed by atoms with Crippen LogP contribution < -0.4 is 5.32 Å². The van der Waals surface area contributed by atoms with Gasteiger partial charge in [0.15, 0.2) is 0 Å². The first kappa shape index (κ1) is 13.9. The van der Waals surface area contributed by atoms with Crippen LogP contribution in [0.1, 0.15) is 6.92 Å². The number of carbonyl (C=O) groups excluding carboxylic acids is 1. The third kappa shape index (κ3) is 3.51. The number of hydrogen-bond donors (Lipinski definition) is 1. The molecule has 7 nitrogen and oxygen atoms in total. The highest BCUT2D eigenvalue weighted by molar-refractivity contribution is 7.99. The summed E-state index contributed by atoms with van der Waals surface area (Å²) in [6, 6.07) is 6.34. The highest BCUT2D eigenvalue weighted by atomic mass is 32.2. The van der Waals surface area contributed by atoms with Crippen molar-refractivity contribution in [1.29, 1.82) is 0 Å². The van der Waals surface area contributed by atoms with Gasteiger partial charge in [-0.05, 0) is 30.0 Å². The topological polar surface area (TPSA) is 98.0 Å². The molecule has 0 aliphatic heterocycles. The number of amides is 1. The van der Waals surface area contributed by atoms with E-state index in [1.807, 2.05) is 0 Å². The molecule has 102 valence electrons. The van der Waals surface area contributed by atoms with Crippen molar-refractivity contribution in [2.75, 3.05) is 5.32 Å². The summed E-state index contributed by atoms with van der Waals surface area (Å²) in [6.45, 7) is 1.41. The Morgan fingerprint density at radius 1 is 1.35 bits per heavy atom. The normalized spacial score (nSPS) is 10.1. The van der Waals surface area contributed by atoms with Crippen LogP contribution in [0.3, 0.4) is 0 Å². The maximum absolute atomic E-state index is 11.1. The van der Waals surface area contributed by atoms with Crippen LogP contribution in [0.15, 0.2) is 46.7 Å². The van der Waals surface area contributed by atoms with Crippen molar-refractivity contribution in [3.63, 3.8) is 0 Å². The van der Waals surface area contributed by atoms with Crippen LogP contribution in [0.25, 0.3) is 0 Å². The largest absolute Gasteiger partial charge is 0.324 e. The van der Waals surface area contributed by atoms with Gasteiger partial charge in [0.25, 0.3) is 5.69 Å². The van der Waals surface area contributed by atoms with Crippen molar-refractivity contribution in [1.82, 2.24) is 9.97 Å². The molecule has 2 rings (SSSR count). The van der Waals surface area contributed by atoms with Crippen molar-refractivity contribution in [2.24, 2.45) is 0 Å². The molecule has 0 saturated carbocycles. The van der Waals surface area contributed by atoms with Crippen molar-refractivity contribution >= 4 is 29.0 Å². The minimum Gasteiger partial charge on any atom is -0.324 e. The standard InChI is InChI=1S/C12H10N4O3S/c1-8(17)15-10-3-2-6-13-12(10)20-11-5-4-9(7-14-11)16(18)19/h2-7H,1H3,(H,15,17). The van der Waals surface area contributed by atoms with Crippen LogP contribution in [0.2, 0.25) is 0 Å². The van der Waals surface area contributed by atoms with Crippen molar-refractivity contribution < 1.29 is 9.72 Å². The van der Waals surface area contributed by atoms with Crippen LogP contribution in [-0.4, -0.2) is 20.8 Å². The Hall–Kier alpha value is -2.48. The molecular formula is C12H10N4O3S. The van der Waals surface area contributed by atoms with Gasteiger partial charge in [0.1, 0.15) is 16.2 Å². The van der Waals surface area contributed by atoms with Gasteiger partial charge in [-0.1, -0.05) is 0 Å². The number of hydrogen-bond acceptors (Lipinski definition) is 6. The third-order valence-electron chi connectivity index (χ3n) is 2.21. The van der Waals surface area contributed by atoms with Gasteiger partial charge in [-0.2, -0.15) is 0 Å². The molecule has 0 unspecified atom stereocenters. The first-order valence-electron chi connectivity index (χ1n) is 5.57. The fraction of sp³-hybridized carbons (Fsp3) is 0.0833. The Bertz CT molecular complexity index is 645. The molecule has 2 aromatic heterocycles. The molecular weight excluding hydrogens is 280 g/mol. The summed E-state index contributed by atoms with van der Waals surface area (Å²) in [7, 11) is 0. The lowest BCUT2D eigenvalue weighted by atomic mass is 10.4. The molecule has 0 atom stereocenters. The lowest BCUT2D eigenvalue weighted by Gasteiger charge is -2.07. The molecule has 2 heterocycles. The first-order valence-corrected chi connectivity index (χ1v) is 6.39. The second-order valence-corrected chi connectivity index (χ2v) is 4.76. The summed E-state index contributed by atoms with van der Waals surface area (Å²) < 4.78 is 0. The minimum atomic E-state index is -0.509. The molecule has 0 bridgehead atoms. The summed E-state index contributed by atoms with van der Waals surface area (Å²) in [5.74, 6) is -0.198. The number of nitro groups is 1. The molecule has 1 N–H and O–H groups in total. The summed E-state index contributed by atoms with van der Waals surface area (Å²) >= 11 is 1.22. The summed E-state index contributed by atoms with van der Waals surface area (Å²) in [5.41, 5.74) is 0.502. The van der Waals surface area contributed by atoms with Crippen LogP contribution in [0.5, 0.6) is 0 Å². The van der Waals surface area contributed by atoms with Crippen molar-refractivity contribution in [3.05, 3.63) is 46.8 Å². The van der Waals surface area contributed by atoms with E-state index < -0.39 is 4.92 Å². The zero-order valence-corrected chi connectivity index (χ0v) is 11.3. The predicted octanol–water partition coefficient (Wildman–Crippen LogP) is 2.49. The SMILES string of the molecule is CC(=O)Nc1cccnc1Sc1ccc([N+](=O)[O-])cn1. The van der Waals surface area contributed by atoms with E-state index in [4.69, 9.17) is 0 Å². The Labute approximate surface area is 118 Å². The number of nitrogens with zero attached hydrogens (tertiary/aromatic N) is 3. The monoisotopic (exact) mass is 290 g/mol. The molecule has 0 radical (unpaired) electrons. The maximum Gasteiger partial charge on any atom is 0.287 e. The van der Waals surface area contributed by atoms with Crippen LogP contribution in [-0.2, 0) is 4.79 Å². The number of nitrogens with one attached hydrogen (secondary N) is 1. The average Bonchev–Trinajstić information content (AvgIpc) is 2.41. The van der Waals surface area contributed by atoms with Gasteiger partial charge < -0.3 is 5.32 Å². The van der Waals surface area contributed by atoms with E-state index in [0.29, 0.717) is 15.7 Å². The highest BCUT2D eigenvalue weighted by Gasteiger charge is 2.10. The Morgan fingerprint density at radius 2 is 2.15 bits per heavy atom. The van der Waals surface area contributed by atoms with E-state index in [1.165, 1.54) is 37.0 Å². The molecule has 20 heavy (non-hydrogen) atoms. The second-order valence-electron chi connectivity index (χ2n) is 3.75. The Balaban J connectivity index is 2.21. The minimum absolute atomic E-state index is 0.0718. The van der Waals surface area contributed by atoms with E-state index in [0.717, 1.165) is 0 Å². The summed E-state index contributed by atoms with van der Waals surface area (Å²) in [4.78, 5) is 29.3.